The number of benzene rings is 1. The van der Waals surface area contributed by atoms with Gasteiger partial charge >= 0.3 is 0 Å². The summed E-state index contributed by atoms with van der Waals surface area (Å²) < 4.78 is 7.17. The molecule has 0 spiro atoms. The van der Waals surface area contributed by atoms with Gasteiger partial charge in [0.15, 0.2) is 6.61 Å². The Morgan fingerprint density at radius 2 is 2.08 bits per heavy atom. The Kier molecular flexibility index (Phi) is 5.27. The average molecular weight is 474 g/mol. The molecule has 0 atom stereocenters. The maximum atomic E-state index is 12.2. The summed E-state index contributed by atoms with van der Waals surface area (Å²) in [6.07, 6.45) is 2.79. The zero-order valence-corrected chi connectivity index (χ0v) is 16.5. The van der Waals surface area contributed by atoms with Gasteiger partial charge in [-0.15, -0.1) is 11.3 Å². The van der Waals surface area contributed by atoms with Crippen LogP contribution in [0.15, 0.2) is 27.1 Å². The van der Waals surface area contributed by atoms with Crippen LogP contribution in [0.2, 0.25) is 0 Å². The van der Waals surface area contributed by atoms with Crippen LogP contribution in [-0.4, -0.2) is 18.4 Å². The molecule has 0 radical (unpaired) electrons. The molecule has 2 aromatic rings. The van der Waals surface area contributed by atoms with Crippen LogP contribution in [0, 0.1) is 0 Å². The first-order valence-corrected chi connectivity index (χ1v) is 9.68. The maximum Gasteiger partial charge on any atom is 0.262 e. The van der Waals surface area contributed by atoms with Crippen LogP contribution in [0.4, 0.5) is 5.00 Å². The quantitative estimate of drug-likeness (QED) is 0.691. The van der Waals surface area contributed by atoms with E-state index in [-0.39, 0.29) is 12.5 Å². The van der Waals surface area contributed by atoms with Crippen molar-refractivity contribution < 1.29 is 14.3 Å². The molecular formula is C16H14Br2N2O3S. The van der Waals surface area contributed by atoms with E-state index in [1.54, 1.807) is 6.07 Å². The first kappa shape index (κ1) is 17.4. The second kappa shape index (κ2) is 7.25. The Hall–Kier alpha value is -1.38. The van der Waals surface area contributed by atoms with Gasteiger partial charge in [-0.3, -0.25) is 9.59 Å². The minimum Gasteiger partial charge on any atom is -0.483 e. The van der Waals surface area contributed by atoms with Crippen LogP contribution in [0.3, 0.4) is 0 Å². The fourth-order valence-electron chi connectivity index (χ4n) is 2.65. The molecule has 3 N–H and O–H groups in total. The number of hydrogen-bond acceptors (Lipinski definition) is 4. The van der Waals surface area contributed by atoms with Crippen molar-refractivity contribution in [1.82, 2.24) is 0 Å². The number of fused-ring (bicyclic) bond motifs is 1. The van der Waals surface area contributed by atoms with Gasteiger partial charge in [0.25, 0.3) is 11.8 Å². The monoisotopic (exact) mass is 472 g/mol. The van der Waals surface area contributed by atoms with Gasteiger partial charge in [0, 0.05) is 9.35 Å². The van der Waals surface area contributed by atoms with E-state index < -0.39 is 5.91 Å². The molecule has 126 valence electrons. The van der Waals surface area contributed by atoms with E-state index >= 15 is 0 Å². The van der Waals surface area contributed by atoms with E-state index in [4.69, 9.17) is 10.5 Å². The minimum atomic E-state index is -0.499. The van der Waals surface area contributed by atoms with Crippen LogP contribution in [0.5, 0.6) is 5.75 Å². The fourth-order valence-corrected chi connectivity index (χ4v) is 5.12. The lowest BCUT2D eigenvalue weighted by molar-refractivity contribution is -0.118. The third-order valence-corrected chi connectivity index (χ3v) is 5.99. The molecule has 1 aromatic carbocycles. The van der Waals surface area contributed by atoms with Crippen molar-refractivity contribution >= 4 is 60.0 Å². The smallest absolute Gasteiger partial charge is 0.262 e. The zero-order valence-electron chi connectivity index (χ0n) is 12.5. The summed E-state index contributed by atoms with van der Waals surface area (Å²) in [6.45, 7) is -0.152. The van der Waals surface area contributed by atoms with Crippen molar-refractivity contribution in [3.63, 3.8) is 0 Å². The van der Waals surface area contributed by atoms with Crippen molar-refractivity contribution in [3.8, 4) is 5.75 Å². The lowest BCUT2D eigenvalue weighted by Gasteiger charge is -2.09. The number of ether oxygens (including phenoxy) is 1. The standard InChI is InChI=1S/C16H14Br2N2O3S/c17-8-4-5-11(10(18)6-8)23-7-13(21)20-16-14(15(19)22)9-2-1-3-12(9)24-16/h4-6H,1-3,7H2,(H2,19,22)(H,20,21). The van der Waals surface area contributed by atoms with Crippen molar-refractivity contribution in [2.24, 2.45) is 5.73 Å². The van der Waals surface area contributed by atoms with Gasteiger partial charge in [-0.2, -0.15) is 0 Å². The van der Waals surface area contributed by atoms with Crippen molar-refractivity contribution in [1.29, 1.82) is 0 Å². The fraction of sp³-hybridized carbons (Fsp3) is 0.250. The molecule has 0 bridgehead atoms. The van der Waals surface area contributed by atoms with Gasteiger partial charge in [-0.1, -0.05) is 15.9 Å². The number of primary amides is 1. The topological polar surface area (TPSA) is 81.4 Å². The Labute approximate surface area is 159 Å². The highest BCUT2D eigenvalue weighted by Crippen LogP contribution is 2.38. The van der Waals surface area contributed by atoms with Crippen LogP contribution in [0.25, 0.3) is 0 Å². The Morgan fingerprint density at radius 3 is 2.79 bits per heavy atom. The third kappa shape index (κ3) is 3.65. The molecule has 1 aromatic heterocycles. The molecule has 0 saturated carbocycles. The molecule has 0 unspecified atom stereocenters. The highest BCUT2D eigenvalue weighted by molar-refractivity contribution is 9.11. The van der Waals surface area contributed by atoms with Crippen molar-refractivity contribution in [3.05, 3.63) is 43.1 Å². The number of nitrogens with two attached hydrogens (primary N) is 1. The van der Waals surface area contributed by atoms with Gasteiger partial charge in [0.2, 0.25) is 0 Å². The second-order valence-electron chi connectivity index (χ2n) is 5.34. The molecule has 5 nitrogen and oxygen atoms in total. The van der Waals surface area contributed by atoms with E-state index in [0.29, 0.717) is 16.3 Å². The SMILES string of the molecule is NC(=O)c1c(NC(=O)COc2ccc(Br)cc2Br)sc2c1CCC2. The number of amides is 2. The molecular weight excluding hydrogens is 460 g/mol. The van der Waals surface area contributed by atoms with Gasteiger partial charge in [-0.25, -0.2) is 0 Å². The molecule has 1 heterocycles. The lowest BCUT2D eigenvalue weighted by Crippen LogP contribution is -2.22. The normalized spacial score (nSPS) is 12.8. The molecule has 1 aliphatic carbocycles. The summed E-state index contributed by atoms with van der Waals surface area (Å²) >= 11 is 8.16. The highest BCUT2D eigenvalue weighted by atomic mass is 79.9. The van der Waals surface area contributed by atoms with E-state index in [0.717, 1.165) is 38.6 Å². The number of hydrogen-bond donors (Lipinski definition) is 2. The number of anilines is 1. The molecule has 0 fully saturated rings. The summed E-state index contributed by atoms with van der Waals surface area (Å²) in [4.78, 5) is 25.0. The first-order chi connectivity index (χ1) is 11.5. The molecule has 8 heteroatoms. The van der Waals surface area contributed by atoms with Crippen LogP contribution >= 0.6 is 43.2 Å². The number of thiophene rings is 1. The lowest BCUT2D eigenvalue weighted by atomic mass is 10.1. The van der Waals surface area contributed by atoms with E-state index in [9.17, 15) is 9.59 Å². The number of halogens is 2. The predicted molar refractivity (Wildman–Crippen MR) is 101 cm³/mol. The largest absolute Gasteiger partial charge is 0.483 e. The number of carbonyl (C=O) groups is 2. The molecule has 0 aliphatic heterocycles. The molecule has 3 rings (SSSR count). The Morgan fingerprint density at radius 1 is 1.29 bits per heavy atom. The molecule has 0 saturated heterocycles. The third-order valence-electron chi connectivity index (χ3n) is 3.67. The van der Waals surface area contributed by atoms with Gasteiger partial charge in [0.1, 0.15) is 10.8 Å². The van der Waals surface area contributed by atoms with Crippen molar-refractivity contribution in [2.75, 3.05) is 11.9 Å². The summed E-state index contributed by atoms with van der Waals surface area (Å²) in [5, 5.41) is 3.28. The summed E-state index contributed by atoms with van der Waals surface area (Å²) in [7, 11) is 0. The van der Waals surface area contributed by atoms with Crippen LogP contribution in [-0.2, 0) is 17.6 Å². The minimum absolute atomic E-state index is 0.152. The van der Waals surface area contributed by atoms with E-state index in [2.05, 4.69) is 37.2 Å². The summed E-state index contributed by atoms with van der Waals surface area (Å²) in [5.41, 5.74) is 6.92. The van der Waals surface area contributed by atoms with E-state index in [1.165, 1.54) is 11.3 Å². The number of aryl methyl sites for hydroxylation is 1. The second-order valence-corrected chi connectivity index (χ2v) is 8.21. The van der Waals surface area contributed by atoms with Crippen molar-refractivity contribution in [2.45, 2.75) is 19.3 Å². The average Bonchev–Trinajstić information content (AvgIpc) is 3.06. The number of carbonyl (C=O) groups excluding carboxylic acids is 2. The Bertz CT molecular complexity index is 820. The maximum absolute atomic E-state index is 12.2. The van der Waals surface area contributed by atoms with Crippen LogP contribution in [0.1, 0.15) is 27.2 Å². The zero-order chi connectivity index (χ0) is 17.3. The van der Waals surface area contributed by atoms with Gasteiger partial charge in [0.05, 0.1) is 10.0 Å². The number of nitrogens with one attached hydrogen (secondary N) is 1. The van der Waals surface area contributed by atoms with E-state index in [1.807, 2.05) is 12.1 Å². The number of rotatable bonds is 5. The van der Waals surface area contributed by atoms with Gasteiger partial charge in [-0.05, 0) is 59.0 Å². The first-order valence-electron chi connectivity index (χ1n) is 7.27. The predicted octanol–water partition coefficient (Wildman–Crippen LogP) is 3.88. The Balaban J connectivity index is 1.68. The van der Waals surface area contributed by atoms with Crippen LogP contribution < -0.4 is 15.8 Å². The molecule has 1 aliphatic rings. The van der Waals surface area contributed by atoms with Gasteiger partial charge < -0.3 is 15.8 Å². The molecule has 2 amide bonds. The summed E-state index contributed by atoms with van der Waals surface area (Å²) in [5.74, 6) is -0.259. The molecule has 24 heavy (non-hydrogen) atoms. The highest BCUT2D eigenvalue weighted by Gasteiger charge is 2.26. The summed E-state index contributed by atoms with van der Waals surface area (Å²) in [6, 6.07) is 5.42.